The molecule has 3 rings (SSSR count). The van der Waals surface area contributed by atoms with Gasteiger partial charge in [0.25, 0.3) is 5.91 Å². The number of ether oxygens (including phenoxy) is 2. The SMILES string of the molecule is COc1ccccc1N1CCN(C(=O)COC(=O)Cc2ccc(C)cc2)CC1. The highest BCUT2D eigenvalue weighted by Crippen LogP contribution is 2.28. The second-order valence-electron chi connectivity index (χ2n) is 6.86. The first-order valence-electron chi connectivity index (χ1n) is 9.43. The summed E-state index contributed by atoms with van der Waals surface area (Å²) < 4.78 is 10.6. The van der Waals surface area contributed by atoms with Gasteiger partial charge in [-0.1, -0.05) is 42.0 Å². The van der Waals surface area contributed by atoms with Gasteiger partial charge in [0.2, 0.25) is 0 Å². The van der Waals surface area contributed by atoms with Gasteiger partial charge in [0, 0.05) is 26.2 Å². The fourth-order valence-electron chi connectivity index (χ4n) is 3.24. The average Bonchev–Trinajstić information content (AvgIpc) is 2.73. The maximum Gasteiger partial charge on any atom is 0.310 e. The molecule has 0 unspecified atom stereocenters. The molecule has 0 saturated carbocycles. The van der Waals surface area contributed by atoms with Gasteiger partial charge in [0.1, 0.15) is 5.75 Å². The van der Waals surface area contributed by atoms with Crippen molar-refractivity contribution in [3.05, 3.63) is 59.7 Å². The van der Waals surface area contributed by atoms with Gasteiger partial charge in [0.05, 0.1) is 19.2 Å². The van der Waals surface area contributed by atoms with Crippen LogP contribution < -0.4 is 9.64 Å². The van der Waals surface area contributed by atoms with E-state index in [-0.39, 0.29) is 24.9 Å². The smallest absolute Gasteiger partial charge is 0.310 e. The number of methoxy groups -OCH3 is 1. The van der Waals surface area contributed by atoms with Gasteiger partial charge in [-0.2, -0.15) is 0 Å². The molecule has 148 valence electrons. The van der Waals surface area contributed by atoms with Gasteiger partial charge in [-0.25, -0.2) is 0 Å². The van der Waals surface area contributed by atoms with E-state index in [2.05, 4.69) is 4.90 Å². The van der Waals surface area contributed by atoms with Crippen LogP contribution in [0.3, 0.4) is 0 Å². The number of para-hydroxylation sites is 2. The molecule has 28 heavy (non-hydrogen) atoms. The van der Waals surface area contributed by atoms with Gasteiger partial charge in [-0.3, -0.25) is 9.59 Å². The van der Waals surface area contributed by atoms with Gasteiger partial charge < -0.3 is 19.3 Å². The van der Waals surface area contributed by atoms with E-state index >= 15 is 0 Å². The summed E-state index contributed by atoms with van der Waals surface area (Å²) in [5.41, 5.74) is 3.05. The van der Waals surface area contributed by atoms with Crippen molar-refractivity contribution < 1.29 is 19.1 Å². The first kappa shape index (κ1) is 19.7. The minimum absolute atomic E-state index is 0.156. The van der Waals surface area contributed by atoms with Crippen molar-refractivity contribution in [2.75, 3.05) is 44.8 Å². The molecular formula is C22H26N2O4. The van der Waals surface area contributed by atoms with Crippen LogP contribution in [0.5, 0.6) is 5.75 Å². The standard InChI is InChI=1S/C22H26N2O4/c1-17-7-9-18(10-8-17)15-22(26)28-16-21(25)24-13-11-23(12-14-24)19-5-3-4-6-20(19)27-2/h3-10H,11-16H2,1-2H3. The molecule has 0 N–H and O–H groups in total. The molecule has 1 heterocycles. The lowest BCUT2D eigenvalue weighted by Crippen LogP contribution is -2.50. The molecule has 0 radical (unpaired) electrons. The molecule has 1 aliphatic heterocycles. The Bertz CT molecular complexity index is 812. The molecule has 2 aromatic carbocycles. The zero-order valence-corrected chi connectivity index (χ0v) is 16.4. The number of hydrogen-bond acceptors (Lipinski definition) is 5. The van der Waals surface area contributed by atoms with Crippen molar-refractivity contribution in [2.45, 2.75) is 13.3 Å². The Morgan fingerprint density at radius 1 is 0.964 bits per heavy atom. The Hall–Kier alpha value is -3.02. The summed E-state index contributed by atoms with van der Waals surface area (Å²) in [7, 11) is 1.66. The Morgan fingerprint density at radius 3 is 2.32 bits per heavy atom. The second-order valence-corrected chi connectivity index (χ2v) is 6.86. The molecule has 0 bridgehead atoms. The Kier molecular flexibility index (Phi) is 6.53. The van der Waals surface area contributed by atoms with Crippen LogP contribution in [-0.2, 0) is 20.7 Å². The first-order valence-corrected chi connectivity index (χ1v) is 9.43. The molecule has 1 amide bonds. The Labute approximate surface area is 165 Å². The van der Waals surface area contributed by atoms with E-state index in [1.807, 2.05) is 55.5 Å². The summed E-state index contributed by atoms with van der Waals surface area (Å²) in [5.74, 6) is 0.286. The van der Waals surface area contributed by atoms with Gasteiger partial charge >= 0.3 is 5.97 Å². The van der Waals surface area contributed by atoms with E-state index in [1.165, 1.54) is 0 Å². The van der Waals surface area contributed by atoms with Gasteiger partial charge in [0.15, 0.2) is 6.61 Å². The Morgan fingerprint density at radius 2 is 1.64 bits per heavy atom. The van der Waals surface area contributed by atoms with Crippen molar-refractivity contribution in [3.63, 3.8) is 0 Å². The van der Waals surface area contributed by atoms with E-state index in [9.17, 15) is 9.59 Å². The molecule has 1 saturated heterocycles. The highest BCUT2D eigenvalue weighted by molar-refractivity contribution is 5.81. The number of rotatable bonds is 6. The number of carbonyl (C=O) groups excluding carboxylic acids is 2. The minimum Gasteiger partial charge on any atom is -0.495 e. The summed E-state index contributed by atoms with van der Waals surface area (Å²) in [4.78, 5) is 28.3. The third-order valence-corrected chi connectivity index (χ3v) is 4.88. The van der Waals surface area contributed by atoms with Crippen LogP contribution in [0, 0.1) is 6.92 Å². The highest BCUT2D eigenvalue weighted by atomic mass is 16.5. The molecule has 6 heteroatoms. The van der Waals surface area contributed by atoms with Crippen molar-refractivity contribution in [3.8, 4) is 5.75 Å². The number of amides is 1. The number of benzene rings is 2. The predicted octanol–water partition coefficient (Wildman–Crippen LogP) is 2.44. The van der Waals surface area contributed by atoms with Crippen LogP contribution in [0.4, 0.5) is 5.69 Å². The summed E-state index contributed by atoms with van der Waals surface area (Å²) in [5, 5.41) is 0. The third-order valence-electron chi connectivity index (χ3n) is 4.88. The summed E-state index contributed by atoms with van der Waals surface area (Å²) in [6.45, 7) is 4.39. The molecule has 2 aromatic rings. The number of piperazine rings is 1. The quantitative estimate of drug-likeness (QED) is 0.719. The second kappa shape index (κ2) is 9.26. The summed E-state index contributed by atoms with van der Waals surface area (Å²) in [6.07, 6.45) is 0.176. The molecule has 1 aliphatic rings. The first-order chi connectivity index (χ1) is 13.6. The topological polar surface area (TPSA) is 59.1 Å². The third kappa shape index (κ3) is 5.03. The van der Waals surface area contributed by atoms with Crippen LogP contribution in [0.15, 0.2) is 48.5 Å². The molecule has 0 aliphatic carbocycles. The van der Waals surface area contributed by atoms with E-state index in [4.69, 9.17) is 9.47 Å². The maximum absolute atomic E-state index is 12.4. The zero-order valence-electron chi connectivity index (χ0n) is 16.4. The van der Waals surface area contributed by atoms with Crippen LogP contribution >= 0.6 is 0 Å². The fourth-order valence-corrected chi connectivity index (χ4v) is 3.24. The predicted molar refractivity (Wildman–Crippen MR) is 108 cm³/mol. The summed E-state index contributed by atoms with van der Waals surface area (Å²) in [6, 6.07) is 15.6. The number of esters is 1. The van der Waals surface area contributed by atoms with E-state index in [0.29, 0.717) is 26.2 Å². The number of hydrogen-bond donors (Lipinski definition) is 0. The Balaban J connectivity index is 1.45. The molecule has 0 atom stereocenters. The number of carbonyl (C=O) groups is 2. The van der Waals surface area contributed by atoms with Crippen LogP contribution in [0.1, 0.15) is 11.1 Å². The number of aryl methyl sites for hydroxylation is 1. The minimum atomic E-state index is -0.384. The van der Waals surface area contributed by atoms with Gasteiger partial charge in [-0.05, 0) is 24.6 Å². The van der Waals surface area contributed by atoms with Crippen LogP contribution in [0.2, 0.25) is 0 Å². The average molecular weight is 382 g/mol. The fraction of sp³-hybridized carbons (Fsp3) is 0.364. The van der Waals surface area contributed by atoms with Crippen molar-refractivity contribution in [1.82, 2.24) is 4.90 Å². The molecular weight excluding hydrogens is 356 g/mol. The largest absolute Gasteiger partial charge is 0.495 e. The monoisotopic (exact) mass is 382 g/mol. The molecule has 6 nitrogen and oxygen atoms in total. The van der Waals surface area contributed by atoms with Crippen molar-refractivity contribution >= 4 is 17.6 Å². The summed E-state index contributed by atoms with van der Waals surface area (Å²) >= 11 is 0. The lowest BCUT2D eigenvalue weighted by molar-refractivity contribution is -0.151. The van der Waals surface area contributed by atoms with Crippen molar-refractivity contribution in [2.24, 2.45) is 0 Å². The molecule has 1 fully saturated rings. The van der Waals surface area contributed by atoms with Crippen LogP contribution in [-0.4, -0.2) is 56.7 Å². The van der Waals surface area contributed by atoms with Crippen LogP contribution in [0.25, 0.3) is 0 Å². The van der Waals surface area contributed by atoms with Crippen molar-refractivity contribution in [1.29, 1.82) is 0 Å². The highest BCUT2D eigenvalue weighted by Gasteiger charge is 2.23. The van der Waals surface area contributed by atoms with E-state index in [1.54, 1.807) is 12.0 Å². The van der Waals surface area contributed by atoms with Gasteiger partial charge in [-0.15, -0.1) is 0 Å². The number of nitrogens with zero attached hydrogens (tertiary/aromatic N) is 2. The van der Waals surface area contributed by atoms with E-state index < -0.39 is 0 Å². The number of anilines is 1. The maximum atomic E-state index is 12.4. The lowest BCUT2D eigenvalue weighted by Gasteiger charge is -2.36. The molecule has 0 aromatic heterocycles. The zero-order chi connectivity index (χ0) is 19.9. The molecule has 0 spiro atoms. The normalized spacial score (nSPS) is 13.9. The van der Waals surface area contributed by atoms with E-state index in [0.717, 1.165) is 22.6 Å². The lowest BCUT2D eigenvalue weighted by atomic mass is 10.1.